The van der Waals surface area contributed by atoms with E-state index in [-0.39, 0.29) is 5.91 Å². The average Bonchev–Trinajstić information content (AvgIpc) is 2.62. The highest BCUT2D eigenvalue weighted by atomic mass is 35.5. The van der Waals surface area contributed by atoms with Crippen LogP contribution in [0.4, 0.5) is 5.69 Å². The Morgan fingerprint density at radius 1 is 1.14 bits per heavy atom. The van der Waals surface area contributed by atoms with Gasteiger partial charge in [0.05, 0.1) is 11.9 Å². The first-order valence-electron chi connectivity index (χ1n) is 9.72. The molecule has 0 fully saturated rings. The Hall–Kier alpha value is -2.05. The number of nitrogens with one attached hydrogen (secondary N) is 1. The van der Waals surface area contributed by atoms with Gasteiger partial charge >= 0.3 is 0 Å². The molecule has 1 atom stereocenters. The summed E-state index contributed by atoms with van der Waals surface area (Å²) in [6.45, 7) is 6.08. The average molecular weight is 437 g/mol. The molecular weight excluding hydrogens is 408 g/mol. The molecule has 1 N–H and O–H groups in total. The zero-order valence-electron chi connectivity index (χ0n) is 17.4. The molecule has 2 rings (SSSR count). The van der Waals surface area contributed by atoms with Gasteiger partial charge < -0.3 is 5.32 Å². The van der Waals surface area contributed by atoms with Crippen LogP contribution in [0, 0.1) is 13.8 Å². The molecule has 0 aliphatic heterocycles. The predicted molar refractivity (Wildman–Crippen MR) is 120 cm³/mol. The molecule has 0 radical (unpaired) electrons. The van der Waals surface area contributed by atoms with Crippen molar-refractivity contribution < 1.29 is 13.2 Å². The van der Waals surface area contributed by atoms with E-state index >= 15 is 0 Å². The third-order valence-electron chi connectivity index (χ3n) is 4.67. The molecule has 158 valence electrons. The van der Waals surface area contributed by atoms with Crippen molar-refractivity contribution in [2.75, 3.05) is 17.1 Å². The van der Waals surface area contributed by atoms with E-state index in [0.29, 0.717) is 30.1 Å². The topological polar surface area (TPSA) is 66.5 Å². The molecule has 0 bridgehead atoms. The van der Waals surface area contributed by atoms with Crippen LogP contribution in [-0.2, 0) is 21.2 Å². The Kier molecular flexibility index (Phi) is 8.11. The summed E-state index contributed by atoms with van der Waals surface area (Å²) in [6, 6.07) is 12.4. The van der Waals surface area contributed by atoms with E-state index in [1.807, 2.05) is 51.1 Å². The zero-order chi connectivity index (χ0) is 21.6. The van der Waals surface area contributed by atoms with Gasteiger partial charge in [-0.05, 0) is 68.0 Å². The number of hydrogen-bond acceptors (Lipinski definition) is 3. The summed E-state index contributed by atoms with van der Waals surface area (Å²) in [6.07, 6.45) is 2.96. The summed E-state index contributed by atoms with van der Waals surface area (Å²) in [4.78, 5) is 12.8. The van der Waals surface area contributed by atoms with Gasteiger partial charge in [-0.25, -0.2) is 8.42 Å². The molecule has 1 unspecified atom stereocenters. The Morgan fingerprint density at radius 2 is 1.76 bits per heavy atom. The summed E-state index contributed by atoms with van der Waals surface area (Å²) < 4.78 is 26.3. The normalized spacial score (nSPS) is 12.4. The highest BCUT2D eigenvalue weighted by Gasteiger charge is 2.31. The van der Waals surface area contributed by atoms with Crippen molar-refractivity contribution in [1.29, 1.82) is 0 Å². The lowest BCUT2D eigenvalue weighted by molar-refractivity contribution is -0.122. The number of hydrogen-bond donors (Lipinski definition) is 1. The highest BCUT2D eigenvalue weighted by molar-refractivity contribution is 7.92. The molecule has 1 amide bonds. The first kappa shape index (κ1) is 23.2. The van der Waals surface area contributed by atoms with Gasteiger partial charge in [0.25, 0.3) is 0 Å². The predicted octanol–water partition coefficient (Wildman–Crippen LogP) is 4.25. The van der Waals surface area contributed by atoms with E-state index in [1.165, 1.54) is 4.31 Å². The van der Waals surface area contributed by atoms with Crippen molar-refractivity contribution >= 4 is 33.2 Å². The van der Waals surface area contributed by atoms with Crippen LogP contribution in [0.15, 0.2) is 42.5 Å². The third kappa shape index (κ3) is 6.47. The number of halogens is 1. The van der Waals surface area contributed by atoms with E-state index in [2.05, 4.69) is 5.32 Å². The molecular formula is C22H29ClN2O3S. The van der Waals surface area contributed by atoms with Gasteiger partial charge in [-0.1, -0.05) is 42.8 Å². The fraction of sp³-hybridized carbons (Fsp3) is 0.409. The molecule has 0 saturated heterocycles. The molecule has 5 nitrogen and oxygen atoms in total. The number of anilines is 1. The SMILES string of the molecule is CCC(C(=O)NCCCc1ccccc1Cl)N(c1cc(C)cc(C)c1)S(C)(=O)=O. The van der Waals surface area contributed by atoms with Gasteiger partial charge in [-0.3, -0.25) is 9.10 Å². The Balaban J connectivity index is 2.11. The molecule has 0 spiro atoms. The van der Waals surface area contributed by atoms with Crippen LogP contribution in [0.5, 0.6) is 0 Å². The fourth-order valence-corrected chi connectivity index (χ4v) is 4.87. The van der Waals surface area contributed by atoms with Gasteiger partial charge in [0.1, 0.15) is 6.04 Å². The van der Waals surface area contributed by atoms with Crippen LogP contribution >= 0.6 is 11.6 Å². The first-order valence-corrected chi connectivity index (χ1v) is 11.9. The van der Waals surface area contributed by atoms with Gasteiger partial charge in [-0.2, -0.15) is 0 Å². The zero-order valence-corrected chi connectivity index (χ0v) is 19.0. The summed E-state index contributed by atoms with van der Waals surface area (Å²) in [5.41, 5.74) is 3.44. The molecule has 0 saturated carbocycles. The number of amides is 1. The summed E-state index contributed by atoms with van der Waals surface area (Å²) >= 11 is 6.16. The second kappa shape index (κ2) is 10.1. The molecule has 0 aliphatic rings. The monoisotopic (exact) mass is 436 g/mol. The Bertz CT molecular complexity index is 940. The van der Waals surface area contributed by atoms with E-state index in [9.17, 15) is 13.2 Å². The minimum absolute atomic E-state index is 0.295. The lowest BCUT2D eigenvalue weighted by atomic mass is 10.1. The van der Waals surface area contributed by atoms with E-state index < -0.39 is 16.1 Å². The van der Waals surface area contributed by atoms with E-state index in [1.54, 1.807) is 12.1 Å². The molecule has 2 aromatic rings. The van der Waals surface area contributed by atoms with Crippen molar-refractivity contribution in [2.45, 2.75) is 46.1 Å². The molecule has 0 aromatic heterocycles. The Labute approximate surface area is 179 Å². The standard InChI is InChI=1S/C22H29ClN2O3S/c1-5-21(22(26)24-12-8-10-18-9-6-7-11-20(18)23)25(29(4,27)28)19-14-16(2)13-17(3)15-19/h6-7,9,11,13-15,21H,5,8,10,12H2,1-4H3,(H,24,26). The maximum absolute atomic E-state index is 12.8. The number of nitrogens with zero attached hydrogens (tertiary/aromatic N) is 1. The van der Waals surface area contributed by atoms with Gasteiger partial charge in [0.15, 0.2) is 0 Å². The van der Waals surface area contributed by atoms with Crippen LogP contribution in [0.25, 0.3) is 0 Å². The molecule has 29 heavy (non-hydrogen) atoms. The van der Waals surface area contributed by atoms with Crippen LogP contribution < -0.4 is 9.62 Å². The lowest BCUT2D eigenvalue weighted by Gasteiger charge is -2.30. The lowest BCUT2D eigenvalue weighted by Crippen LogP contribution is -2.49. The summed E-state index contributed by atoms with van der Waals surface area (Å²) in [7, 11) is -3.63. The third-order valence-corrected chi connectivity index (χ3v) is 6.22. The number of rotatable bonds is 9. The molecule has 0 heterocycles. The van der Waals surface area contributed by atoms with Crippen LogP contribution in [0.2, 0.25) is 5.02 Å². The van der Waals surface area contributed by atoms with Crippen molar-refractivity contribution in [3.05, 3.63) is 64.2 Å². The minimum atomic E-state index is -3.63. The van der Waals surface area contributed by atoms with Crippen molar-refractivity contribution in [2.24, 2.45) is 0 Å². The second-order valence-corrected chi connectivity index (χ2v) is 9.58. The van der Waals surface area contributed by atoms with E-state index in [4.69, 9.17) is 11.6 Å². The number of sulfonamides is 1. The highest BCUT2D eigenvalue weighted by Crippen LogP contribution is 2.25. The maximum atomic E-state index is 12.8. The van der Waals surface area contributed by atoms with Crippen molar-refractivity contribution in [3.63, 3.8) is 0 Å². The first-order chi connectivity index (χ1) is 13.6. The smallest absolute Gasteiger partial charge is 0.243 e. The summed E-state index contributed by atoms with van der Waals surface area (Å²) in [5.74, 6) is -0.295. The molecule has 2 aromatic carbocycles. The van der Waals surface area contributed by atoms with E-state index in [0.717, 1.165) is 29.4 Å². The van der Waals surface area contributed by atoms with Gasteiger partial charge in [0.2, 0.25) is 15.9 Å². The minimum Gasteiger partial charge on any atom is -0.354 e. The number of benzene rings is 2. The molecule has 0 aliphatic carbocycles. The maximum Gasteiger partial charge on any atom is 0.243 e. The second-order valence-electron chi connectivity index (χ2n) is 7.31. The van der Waals surface area contributed by atoms with Crippen LogP contribution in [0.1, 0.15) is 36.5 Å². The van der Waals surface area contributed by atoms with Crippen molar-refractivity contribution in [3.8, 4) is 0 Å². The number of aryl methyl sites for hydroxylation is 3. The quantitative estimate of drug-likeness (QED) is 0.597. The van der Waals surface area contributed by atoms with Crippen LogP contribution in [-0.4, -0.2) is 33.2 Å². The largest absolute Gasteiger partial charge is 0.354 e. The summed E-state index contributed by atoms with van der Waals surface area (Å²) in [5, 5.41) is 3.60. The van der Waals surface area contributed by atoms with Gasteiger partial charge in [-0.15, -0.1) is 0 Å². The molecule has 7 heteroatoms. The fourth-order valence-electron chi connectivity index (χ4n) is 3.45. The number of carbonyl (C=O) groups excluding carboxylic acids is 1. The van der Waals surface area contributed by atoms with Crippen molar-refractivity contribution in [1.82, 2.24) is 5.32 Å². The van der Waals surface area contributed by atoms with Crippen LogP contribution in [0.3, 0.4) is 0 Å². The number of carbonyl (C=O) groups is 1. The van der Waals surface area contributed by atoms with Gasteiger partial charge in [0, 0.05) is 11.6 Å². The Morgan fingerprint density at radius 3 is 2.31 bits per heavy atom.